The number of carbonyl (C=O) groups is 2. The third-order valence-corrected chi connectivity index (χ3v) is 3.19. The molecule has 0 saturated carbocycles. The number of aromatic nitrogens is 3. The lowest BCUT2D eigenvalue weighted by molar-refractivity contribution is -0.148. The maximum absolute atomic E-state index is 12.0. The summed E-state index contributed by atoms with van der Waals surface area (Å²) in [5.74, 6) is -1.54. The number of carbonyl (C=O) groups excluding carboxylic acids is 1. The number of hydrogen-bond acceptors (Lipinski definition) is 5. The topological polar surface area (TPSA) is 106 Å². The number of rotatable bonds is 6. The van der Waals surface area contributed by atoms with Gasteiger partial charge in [-0.1, -0.05) is 0 Å². The van der Waals surface area contributed by atoms with Gasteiger partial charge in [0.1, 0.15) is 0 Å². The van der Waals surface area contributed by atoms with Gasteiger partial charge in [0.05, 0.1) is 18.3 Å². The number of amides is 1. The molecular formula is C14H18N4O4. The molecule has 0 bridgehead atoms. The second-order valence-electron chi connectivity index (χ2n) is 5.09. The van der Waals surface area contributed by atoms with Crippen molar-refractivity contribution in [1.29, 1.82) is 0 Å². The van der Waals surface area contributed by atoms with Gasteiger partial charge in [0, 0.05) is 24.7 Å². The average molecular weight is 306 g/mol. The first-order valence-electron chi connectivity index (χ1n) is 6.81. The molecule has 2 heterocycles. The lowest BCUT2D eigenvalue weighted by Crippen LogP contribution is -2.37. The largest absolute Gasteiger partial charge is 0.479 e. The van der Waals surface area contributed by atoms with Gasteiger partial charge in [0.15, 0.2) is 11.8 Å². The van der Waals surface area contributed by atoms with Gasteiger partial charge in [-0.3, -0.25) is 4.79 Å². The van der Waals surface area contributed by atoms with Crippen LogP contribution in [0.4, 0.5) is 0 Å². The predicted octanol–water partition coefficient (Wildman–Crippen LogP) is 0.842. The fourth-order valence-electron chi connectivity index (χ4n) is 2.00. The van der Waals surface area contributed by atoms with Crippen LogP contribution in [0.5, 0.6) is 0 Å². The number of nitrogens with one attached hydrogen (secondary N) is 1. The third kappa shape index (κ3) is 3.22. The van der Waals surface area contributed by atoms with Crippen LogP contribution in [0.15, 0.2) is 18.5 Å². The third-order valence-electron chi connectivity index (χ3n) is 3.19. The zero-order valence-electron chi connectivity index (χ0n) is 12.6. The Morgan fingerprint density at radius 2 is 2.14 bits per heavy atom. The van der Waals surface area contributed by atoms with Gasteiger partial charge in [-0.25, -0.2) is 14.5 Å². The molecule has 0 fully saturated rings. The van der Waals surface area contributed by atoms with Crippen molar-refractivity contribution in [3.63, 3.8) is 0 Å². The monoisotopic (exact) mass is 306 g/mol. The first-order valence-corrected chi connectivity index (χ1v) is 6.81. The lowest BCUT2D eigenvalue weighted by Gasteiger charge is -2.11. The summed E-state index contributed by atoms with van der Waals surface area (Å²) >= 11 is 0. The van der Waals surface area contributed by atoms with Crippen molar-refractivity contribution in [3.05, 3.63) is 24.0 Å². The maximum atomic E-state index is 12.0. The number of ether oxygens (including phenoxy) is 1. The molecule has 2 rings (SSSR count). The molecule has 118 valence electrons. The van der Waals surface area contributed by atoms with E-state index in [0.29, 0.717) is 11.2 Å². The van der Waals surface area contributed by atoms with Crippen LogP contribution in [-0.4, -0.2) is 51.5 Å². The molecule has 2 N–H and O–H groups in total. The lowest BCUT2D eigenvalue weighted by atomic mass is 10.2. The molecule has 22 heavy (non-hydrogen) atoms. The van der Waals surface area contributed by atoms with Crippen LogP contribution in [0.25, 0.3) is 11.0 Å². The molecule has 2 aromatic rings. The zero-order chi connectivity index (χ0) is 16.3. The van der Waals surface area contributed by atoms with E-state index in [9.17, 15) is 9.59 Å². The Labute approximate surface area is 127 Å². The van der Waals surface area contributed by atoms with Crippen LogP contribution in [-0.2, 0) is 9.53 Å². The molecule has 0 radical (unpaired) electrons. The van der Waals surface area contributed by atoms with Crippen LogP contribution in [0, 0.1) is 0 Å². The standard InChI is InChI=1S/C14H18N4O4/c1-8(2)18-12-9(6-17-18)4-10(5-15-12)13(19)16-7-11(22-3)14(20)21/h4-6,8,11H,7H2,1-3H3,(H,16,19)(H,20,21). The number of hydrogen-bond donors (Lipinski definition) is 2. The molecule has 0 aliphatic heterocycles. The number of pyridine rings is 1. The molecule has 0 aromatic carbocycles. The highest BCUT2D eigenvalue weighted by molar-refractivity contribution is 5.97. The fourth-order valence-corrected chi connectivity index (χ4v) is 2.00. The van der Waals surface area contributed by atoms with Crippen LogP contribution < -0.4 is 5.32 Å². The van der Waals surface area contributed by atoms with Gasteiger partial charge in [0.2, 0.25) is 0 Å². The van der Waals surface area contributed by atoms with Gasteiger partial charge >= 0.3 is 5.97 Å². The molecule has 0 aliphatic rings. The van der Waals surface area contributed by atoms with Crippen molar-refractivity contribution in [2.24, 2.45) is 0 Å². The molecule has 8 nitrogen and oxygen atoms in total. The molecule has 0 aliphatic carbocycles. The van der Waals surface area contributed by atoms with Crippen molar-refractivity contribution < 1.29 is 19.4 Å². The van der Waals surface area contributed by atoms with Gasteiger partial charge < -0.3 is 15.2 Å². The number of fused-ring (bicyclic) bond motifs is 1. The molecule has 2 aromatic heterocycles. The van der Waals surface area contributed by atoms with Crippen molar-refractivity contribution >= 4 is 22.9 Å². The van der Waals surface area contributed by atoms with E-state index in [0.717, 1.165) is 5.39 Å². The predicted molar refractivity (Wildman–Crippen MR) is 78.7 cm³/mol. The van der Waals surface area contributed by atoms with Gasteiger partial charge in [-0.15, -0.1) is 0 Å². The number of methoxy groups -OCH3 is 1. The summed E-state index contributed by atoms with van der Waals surface area (Å²) < 4.78 is 6.52. The van der Waals surface area contributed by atoms with Gasteiger partial charge in [-0.05, 0) is 19.9 Å². The number of carboxylic acids is 1. The minimum atomic E-state index is -1.13. The van der Waals surface area contributed by atoms with E-state index in [1.807, 2.05) is 13.8 Å². The SMILES string of the molecule is COC(CNC(=O)c1cnc2c(cnn2C(C)C)c1)C(=O)O. The highest BCUT2D eigenvalue weighted by Gasteiger charge is 2.18. The molecular weight excluding hydrogens is 288 g/mol. The second kappa shape index (κ2) is 6.52. The molecule has 1 amide bonds. The van der Waals surface area contributed by atoms with Crippen molar-refractivity contribution in [3.8, 4) is 0 Å². The van der Waals surface area contributed by atoms with Crippen LogP contribution in [0.2, 0.25) is 0 Å². The van der Waals surface area contributed by atoms with Crippen molar-refractivity contribution in [2.45, 2.75) is 26.0 Å². The normalized spacial score (nSPS) is 12.5. The average Bonchev–Trinajstić information content (AvgIpc) is 2.90. The highest BCUT2D eigenvalue weighted by atomic mass is 16.5. The minimum absolute atomic E-state index is 0.117. The number of nitrogens with zero attached hydrogens (tertiary/aromatic N) is 3. The summed E-state index contributed by atoms with van der Waals surface area (Å²) in [6.07, 6.45) is 2.01. The quantitative estimate of drug-likeness (QED) is 0.819. The van der Waals surface area contributed by atoms with E-state index < -0.39 is 18.0 Å². The van der Waals surface area contributed by atoms with Gasteiger partial charge in [0.25, 0.3) is 5.91 Å². The van der Waals surface area contributed by atoms with E-state index in [-0.39, 0.29) is 12.6 Å². The van der Waals surface area contributed by atoms with Crippen LogP contribution >= 0.6 is 0 Å². The van der Waals surface area contributed by atoms with E-state index in [1.54, 1.807) is 16.9 Å². The fraction of sp³-hybridized carbons (Fsp3) is 0.429. The second-order valence-corrected chi connectivity index (χ2v) is 5.09. The summed E-state index contributed by atoms with van der Waals surface area (Å²) in [6, 6.07) is 1.84. The van der Waals surface area contributed by atoms with Crippen LogP contribution in [0.1, 0.15) is 30.2 Å². The molecule has 8 heteroatoms. The summed E-state index contributed by atoms with van der Waals surface area (Å²) in [7, 11) is 1.28. The summed E-state index contributed by atoms with van der Waals surface area (Å²) in [6.45, 7) is 3.87. The zero-order valence-corrected chi connectivity index (χ0v) is 12.6. The van der Waals surface area contributed by atoms with Crippen molar-refractivity contribution in [1.82, 2.24) is 20.1 Å². The Hall–Kier alpha value is -2.48. The Morgan fingerprint density at radius 3 is 2.73 bits per heavy atom. The van der Waals surface area contributed by atoms with E-state index in [4.69, 9.17) is 9.84 Å². The van der Waals surface area contributed by atoms with Gasteiger partial charge in [-0.2, -0.15) is 5.10 Å². The summed E-state index contributed by atoms with van der Waals surface area (Å²) in [5, 5.41) is 16.4. The smallest absolute Gasteiger partial charge is 0.334 e. The van der Waals surface area contributed by atoms with Crippen LogP contribution in [0.3, 0.4) is 0 Å². The number of carboxylic acid groups (broad SMARTS) is 1. The maximum Gasteiger partial charge on any atom is 0.334 e. The molecule has 1 unspecified atom stereocenters. The number of aliphatic carboxylic acids is 1. The van der Waals surface area contributed by atoms with Crippen molar-refractivity contribution in [2.75, 3.05) is 13.7 Å². The Morgan fingerprint density at radius 1 is 1.41 bits per heavy atom. The minimum Gasteiger partial charge on any atom is -0.479 e. The first-order chi connectivity index (χ1) is 10.4. The van der Waals surface area contributed by atoms with E-state index >= 15 is 0 Å². The Bertz CT molecular complexity index is 695. The van der Waals surface area contributed by atoms with E-state index in [1.165, 1.54) is 13.3 Å². The Balaban J connectivity index is 2.14. The Kier molecular flexibility index (Phi) is 4.71. The first kappa shape index (κ1) is 15.9. The summed E-state index contributed by atoms with van der Waals surface area (Å²) in [5.41, 5.74) is 1.04. The highest BCUT2D eigenvalue weighted by Crippen LogP contribution is 2.16. The molecule has 1 atom stereocenters. The molecule has 0 saturated heterocycles. The summed E-state index contributed by atoms with van der Waals surface area (Å²) in [4.78, 5) is 27.1. The van der Waals surface area contributed by atoms with E-state index in [2.05, 4.69) is 15.4 Å². The molecule has 0 spiro atoms.